The van der Waals surface area contributed by atoms with Gasteiger partial charge in [-0.05, 0) is 18.2 Å². The molecule has 150 valence electrons. The number of unbranched alkanes of at least 4 members (excludes halogenated alkanes) is 14. The minimum atomic E-state index is -0.395. The molecule has 0 aromatic carbocycles. The molecule has 1 fully saturated rings. The summed E-state index contributed by atoms with van der Waals surface area (Å²) in [6.07, 6.45) is 22.7. The van der Waals surface area contributed by atoms with Crippen LogP contribution >= 0.6 is 11.8 Å². The van der Waals surface area contributed by atoms with Crippen molar-refractivity contribution in [2.45, 2.75) is 115 Å². The third-order valence-electron chi connectivity index (χ3n) is 4.89. The van der Waals surface area contributed by atoms with Gasteiger partial charge in [0.1, 0.15) is 5.25 Å². The number of carbonyl (C=O) groups excluding carboxylic acids is 2. The number of esters is 2. The Labute approximate surface area is 164 Å². The van der Waals surface area contributed by atoms with Gasteiger partial charge in [0.15, 0.2) is 0 Å². The average Bonchev–Trinajstić information content (AvgIpc) is 2.95. The van der Waals surface area contributed by atoms with Crippen LogP contribution in [-0.4, -0.2) is 17.2 Å². The lowest BCUT2D eigenvalue weighted by molar-refractivity contribution is -0.151. The summed E-state index contributed by atoms with van der Waals surface area (Å²) in [4.78, 5) is 22.3. The number of hydrogen-bond donors (Lipinski definition) is 0. The topological polar surface area (TPSA) is 43.4 Å². The maximum absolute atomic E-state index is 11.3. The van der Waals surface area contributed by atoms with Crippen molar-refractivity contribution in [3.8, 4) is 0 Å². The smallest absolute Gasteiger partial charge is 0.327 e. The van der Waals surface area contributed by atoms with Gasteiger partial charge < -0.3 is 4.74 Å². The van der Waals surface area contributed by atoms with E-state index in [0.29, 0.717) is 0 Å². The minimum absolute atomic E-state index is 0.215. The standard InChI is InChI=1S/C22H38O3S/c1-2-3-4-5-6-7-8-9-10-11-12-13-14-15-16-17-18-26-20-19-21(23)25-22(20)24/h17-18,20H,2-16,19H2,1H3/b18-17+. The van der Waals surface area contributed by atoms with Crippen molar-refractivity contribution in [1.29, 1.82) is 0 Å². The van der Waals surface area contributed by atoms with Crippen molar-refractivity contribution < 1.29 is 14.3 Å². The summed E-state index contributed by atoms with van der Waals surface area (Å²) in [5, 5.41) is 1.63. The molecule has 0 spiro atoms. The summed E-state index contributed by atoms with van der Waals surface area (Å²) in [7, 11) is 0. The zero-order valence-electron chi connectivity index (χ0n) is 16.7. The van der Waals surface area contributed by atoms with Gasteiger partial charge in [0.05, 0.1) is 6.42 Å². The Morgan fingerprint density at radius 2 is 1.35 bits per heavy atom. The van der Waals surface area contributed by atoms with Crippen LogP contribution in [0.3, 0.4) is 0 Å². The highest BCUT2D eigenvalue weighted by molar-refractivity contribution is 8.03. The average molecular weight is 383 g/mol. The van der Waals surface area contributed by atoms with Crippen molar-refractivity contribution in [2.75, 3.05) is 0 Å². The van der Waals surface area contributed by atoms with Crippen molar-refractivity contribution >= 4 is 23.7 Å². The predicted molar refractivity (Wildman–Crippen MR) is 111 cm³/mol. The van der Waals surface area contributed by atoms with Crippen LogP contribution in [0.1, 0.15) is 110 Å². The molecule has 1 heterocycles. The molecule has 1 aliphatic rings. The zero-order chi connectivity index (χ0) is 18.9. The van der Waals surface area contributed by atoms with Gasteiger partial charge in [-0.25, -0.2) is 0 Å². The fourth-order valence-electron chi connectivity index (χ4n) is 3.23. The Bertz CT molecular complexity index is 406. The second kappa shape index (κ2) is 16.4. The maximum atomic E-state index is 11.3. The molecule has 0 bridgehead atoms. The SMILES string of the molecule is CCCCCCCCCCCCCCCC/C=C/SC1CC(=O)OC1=O. The van der Waals surface area contributed by atoms with E-state index in [1.54, 1.807) is 0 Å². The van der Waals surface area contributed by atoms with Gasteiger partial charge in [-0.1, -0.05) is 96.5 Å². The highest BCUT2D eigenvalue weighted by Gasteiger charge is 2.32. The summed E-state index contributed by atoms with van der Waals surface area (Å²) >= 11 is 1.41. The quantitative estimate of drug-likeness (QED) is 0.155. The summed E-state index contributed by atoms with van der Waals surface area (Å²) in [5.41, 5.74) is 0. The molecule has 0 amide bonds. The van der Waals surface area contributed by atoms with Gasteiger partial charge >= 0.3 is 11.9 Å². The Morgan fingerprint density at radius 1 is 0.846 bits per heavy atom. The number of hydrogen-bond acceptors (Lipinski definition) is 4. The summed E-state index contributed by atoms with van der Waals surface area (Å²) < 4.78 is 4.52. The number of thioether (sulfide) groups is 1. The molecular formula is C22H38O3S. The number of allylic oxidation sites excluding steroid dienone is 1. The van der Waals surface area contributed by atoms with E-state index in [1.165, 1.54) is 102 Å². The second-order valence-corrected chi connectivity index (χ2v) is 8.49. The first-order chi connectivity index (χ1) is 12.7. The van der Waals surface area contributed by atoms with Crippen molar-refractivity contribution in [2.24, 2.45) is 0 Å². The predicted octanol–water partition coefficient (Wildman–Crippen LogP) is 6.95. The molecule has 1 saturated heterocycles. The first kappa shape index (κ1) is 23.3. The van der Waals surface area contributed by atoms with E-state index in [-0.39, 0.29) is 17.6 Å². The molecule has 1 rings (SSSR count). The molecule has 0 radical (unpaired) electrons. The van der Waals surface area contributed by atoms with Gasteiger partial charge in [-0.3, -0.25) is 9.59 Å². The fourth-order valence-corrected chi connectivity index (χ4v) is 4.06. The van der Waals surface area contributed by atoms with Crippen LogP contribution in [0.2, 0.25) is 0 Å². The number of cyclic esters (lactones) is 2. The fraction of sp³-hybridized carbons (Fsp3) is 0.818. The molecule has 4 heteroatoms. The first-order valence-electron chi connectivity index (χ1n) is 10.8. The van der Waals surface area contributed by atoms with Crippen molar-refractivity contribution in [1.82, 2.24) is 0 Å². The highest BCUT2D eigenvalue weighted by atomic mass is 32.2. The minimum Gasteiger partial charge on any atom is -0.392 e. The number of carbonyl (C=O) groups is 2. The Hall–Kier alpha value is -0.770. The summed E-state index contributed by atoms with van der Waals surface area (Å²) in [6, 6.07) is 0. The van der Waals surface area contributed by atoms with Gasteiger partial charge in [0.2, 0.25) is 0 Å². The van der Waals surface area contributed by atoms with Gasteiger partial charge in [0.25, 0.3) is 0 Å². The molecule has 1 aliphatic heterocycles. The largest absolute Gasteiger partial charge is 0.392 e. The van der Waals surface area contributed by atoms with E-state index in [2.05, 4.69) is 17.7 Å². The molecule has 3 nitrogen and oxygen atoms in total. The first-order valence-corrected chi connectivity index (χ1v) is 11.7. The molecule has 0 aromatic heterocycles. The molecule has 1 unspecified atom stereocenters. The van der Waals surface area contributed by atoms with E-state index >= 15 is 0 Å². The van der Waals surface area contributed by atoms with E-state index in [1.807, 2.05) is 5.41 Å². The number of ether oxygens (including phenoxy) is 1. The van der Waals surface area contributed by atoms with E-state index in [9.17, 15) is 9.59 Å². The van der Waals surface area contributed by atoms with Gasteiger partial charge in [0, 0.05) is 0 Å². The lowest BCUT2D eigenvalue weighted by Crippen LogP contribution is -2.07. The highest BCUT2D eigenvalue weighted by Crippen LogP contribution is 2.23. The van der Waals surface area contributed by atoms with Crippen molar-refractivity contribution in [3.63, 3.8) is 0 Å². The molecule has 1 atom stereocenters. The summed E-state index contributed by atoms with van der Waals surface area (Å²) in [6.45, 7) is 2.27. The normalized spacial score (nSPS) is 17.3. The lowest BCUT2D eigenvalue weighted by Gasteiger charge is -2.03. The van der Waals surface area contributed by atoms with Gasteiger partial charge in [-0.15, -0.1) is 11.8 Å². The molecule has 26 heavy (non-hydrogen) atoms. The van der Waals surface area contributed by atoms with E-state index in [0.717, 1.165) is 6.42 Å². The molecule has 0 saturated carbocycles. The van der Waals surface area contributed by atoms with Crippen LogP contribution in [0.4, 0.5) is 0 Å². The number of rotatable bonds is 17. The van der Waals surface area contributed by atoms with E-state index in [4.69, 9.17) is 0 Å². The molecule has 0 aromatic rings. The second-order valence-electron chi connectivity index (χ2n) is 7.38. The Kier molecular flexibility index (Phi) is 14.7. The Balaban J connectivity index is 1.76. The monoisotopic (exact) mass is 382 g/mol. The third-order valence-corrected chi connectivity index (χ3v) is 5.93. The van der Waals surface area contributed by atoms with Gasteiger partial charge in [-0.2, -0.15) is 0 Å². The molecular weight excluding hydrogens is 344 g/mol. The van der Waals surface area contributed by atoms with Crippen LogP contribution in [0, 0.1) is 0 Å². The Morgan fingerprint density at radius 3 is 1.81 bits per heavy atom. The molecule has 0 N–H and O–H groups in total. The zero-order valence-corrected chi connectivity index (χ0v) is 17.5. The van der Waals surface area contributed by atoms with Crippen LogP contribution < -0.4 is 0 Å². The molecule has 0 aliphatic carbocycles. The van der Waals surface area contributed by atoms with Crippen LogP contribution in [0.15, 0.2) is 11.5 Å². The third kappa shape index (κ3) is 12.6. The van der Waals surface area contributed by atoms with E-state index < -0.39 is 5.97 Å². The van der Waals surface area contributed by atoms with Crippen molar-refractivity contribution in [3.05, 3.63) is 11.5 Å². The van der Waals surface area contributed by atoms with Crippen LogP contribution in [-0.2, 0) is 14.3 Å². The maximum Gasteiger partial charge on any atom is 0.327 e. The lowest BCUT2D eigenvalue weighted by atomic mass is 10.0. The summed E-state index contributed by atoms with van der Waals surface area (Å²) in [5.74, 6) is -0.783. The van der Waals surface area contributed by atoms with Crippen LogP contribution in [0.5, 0.6) is 0 Å². The van der Waals surface area contributed by atoms with Crippen LogP contribution in [0.25, 0.3) is 0 Å².